The summed E-state index contributed by atoms with van der Waals surface area (Å²) in [7, 11) is 0. The van der Waals surface area contributed by atoms with Crippen LogP contribution in [0.4, 0.5) is 0 Å². The Balaban J connectivity index is 1.77. The molecule has 6 heteroatoms. The summed E-state index contributed by atoms with van der Waals surface area (Å²) >= 11 is 0. The summed E-state index contributed by atoms with van der Waals surface area (Å²) in [5, 5.41) is 14.2. The lowest BCUT2D eigenvalue weighted by molar-refractivity contribution is -0.131. The zero-order chi connectivity index (χ0) is 16.5. The van der Waals surface area contributed by atoms with Crippen molar-refractivity contribution in [1.29, 1.82) is 5.26 Å². The maximum absolute atomic E-state index is 12.1. The Kier molecular flexibility index (Phi) is 3.62. The van der Waals surface area contributed by atoms with E-state index in [0.29, 0.717) is 6.54 Å². The lowest BCUT2D eigenvalue weighted by atomic mass is 9.88. The Hall–Kier alpha value is -2.94. The first-order valence-electron chi connectivity index (χ1n) is 8.13. The highest BCUT2D eigenvalue weighted by Gasteiger charge is 2.26. The van der Waals surface area contributed by atoms with Crippen LogP contribution in [0.15, 0.2) is 36.8 Å². The maximum Gasteiger partial charge on any atom is 0.236 e. The zero-order valence-corrected chi connectivity index (χ0v) is 13.2. The van der Waals surface area contributed by atoms with E-state index < -0.39 is 0 Å². The van der Waals surface area contributed by atoms with Crippen molar-refractivity contribution < 1.29 is 4.79 Å². The predicted octanol–water partition coefficient (Wildman–Crippen LogP) is 2.50. The van der Waals surface area contributed by atoms with Gasteiger partial charge in [0.05, 0.1) is 23.3 Å². The van der Waals surface area contributed by atoms with E-state index in [1.165, 1.54) is 5.56 Å². The fraction of sp³-hybridized carbons (Fsp3) is 0.333. The van der Waals surface area contributed by atoms with Crippen LogP contribution in [0.3, 0.4) is 0 Å². The molecule has 4 heterocycles. The number of hydrogen-bond acceptors (Lipinski definition) is 4. The Labute approximate surface area is 139 Å². The molecule has 1 amide bonds. The average Bonchev–Trinajstić information content (AvgIpc) is 3.10. The van der Waals surface area contributed by atoms with Gasteiger partial charge in [-0.15, -0.1) is 0 Å². The molecular weight excluding hydrogens is 302 g/mol. The number of likely N-dealkylation sites (tertiary alicyclic amines) is 1. The van der Waals surface area contributed by atoms with Gasteiger partial charge in [-0.3, -0.25) is 9.78 Å². The molecule has 1 aliphatic rings. The van der Waals surface area contributed by atoms with Crippen molar-refractivity contribution in [3.05, 3.63) is 42.4 Å². The van der Waals surface area contributed by atoms with Crippen LogP contribution in [0.5, 0.6) is 0 Å². The molecule has 1 aliphatic heterocycles. The maximum atomic E-state index is 12.1. The number of rotatable bonds is 2. The molecule has 120 valence electrons. The molecule has 24 heavy (non-hydrogen) atoms. The smallest absolute Gasteiger partial charge is 0.236 e. The van der Waals surface area contributed by atoms with Crippen LogP contribution in [0.25, 0.3) is 16.4 Å². The van der Waals surface area contributed by atoms with E-state index in [0.717, 1.165) is 35.8 Å². The summed E-state index contributed by atoms with van der Waals surface area (Å²) in [5.41, 5.74) is 3.19. The predicted molar refractivity (Wildman–Crippen MR) is 89.3 cm³/mol. The third-order valence-corrected chi connectivity index (χ3v) is 4.76. The van der Waals surface area contributed by atoms with Gasteiger partial charge in [0, 0.05) is 36.8 Å². The molecule has 0 radical (unpaired) electrons. The van der Waals surface area contributed by atoms with Crippen molar-refractivity contribution in [2.75, 3.05) is 13.1 Å². The molecule has 0 bridgehead atoms. The van der Waals surface area contributed by atoms with E-state index in [1.807, 2.05) is 40.0 Å². The van der Waals surface area contributed by atoms with Gasteiger partial charge in [0.1, 0.15) is 6.42 Å². The van der Waals surface area contributed by atoms with Crippen molar-refractivity contribution in [2.24, 2.45) is 0 Å². The van der Waals surface area contributed by atoms with Gasteiger partial charge in [0.15, 0.2) is 0 Å². The second-order valence-electron chi connectivity index (χ2n) is 6.15. The third-order valence-electron chi connectivity index (χ3n) is 4.76. The topological polar surface area (TPSA) is 74.3 Å². The molecule has 3 aromatic rings. The lowest BCUT2D eigenvalue weighted by Crippen LogP contribution is -2.38. The minimum atomic E-state index is -0.0740. The van der Waals surface area contributed by atoms with E-state index in [4.69, 9.17) is 5.26 Å². The Morgan fingerprint density at radius 2 is 2.25 bits per heavy atom. The van der Waals surface area contributed by atoms with Crippen LogP contribution in [0.2, 0.25) is 0 Å². The van der Waals surface area contributed by atoms with Crippen LogP contribution >= 0.6 is 0 Å². The first-order valence-corrected chi connectivity index (χ1v) is 8.13. The Morgan fingerprint density at radius 3 is 3.12 bits per heavy atom. The summed E-state index contributed by atoms with van der Waals surface area (Å²) in [6.07, 6.45) is 7.48. The molecule has 0 spiro atoms. The van der Waals surface area contributed by atoms with Gasteiger partial charge in [-0.2, -0.15) is 10.4 Å². The SMILES string of the molecule is N#CCC(=O)N1CCCC(c2ccnc3ccn4nccc4c23)C1. The largest absolute Gasteiger partial charge is 0.341 e. The fourth-order valence-corrected chi connectivity index (χ4v) is 3.65. The minimum absolute atomic E-state index is 0.0450. The molecule has 4 rings (SSSR count). The summed E-state index contributed by atoms with van der Waals surface area (Å²) in [6, 6.07) is 7.98. The number of fused-ring (bicyclic) bond motifs is 3. The highest BCUT2D eigenvalue weighted by atomic mass is 16.2. The van der Waals surface area contributed by atoms with Crippen LogP contribution < -0.4 is 0 Å². The summed E-state index contributed by atoms with van der Waals surface area (Å²) in [5.74, 6) is 0.183. The molecule has 1 fully saturated rings. The minimum Gasteiger partial charge on any atom is -0.341 e. The number of piperidine rings is 1. The molecular formula is C18H17N5O. The van der Waals surface area contributed by atoms with Crippen molar-refractivity contribution in [3.8, 4) is 6.07 Å². The van der Waals surface area contributed by atoms with Crippen LogP contribution in [0, 0.1) is 11.3 Å². The fourth-order valence-electron chi connectivity index (χ4n) is 3.65. The monoisotopic (exact) mass is 319 g/mol. The van der Waals surface area contributed by atoms with E-state index in [9.17, 15) is 4.79 Å². The van der Waals surface area contributed by atoms with Crippen molar-refractivity contribution in [3.63, 3.8) is 0 Å². The molecule has 3 aromatic heterocycles. The number of aromatic nitrogens is 3. The first kappa shape index (κ1) is 14.6. The lowest BCUT2D eigenvalue weighted by Gasteiger charge is -2.33. The highest BCUT2D eigenvalue weighted by molar-refractivity contribution is 5.96. The van der Waals surface area contributed by atoms with Gasteiger partial charge in [0.25, 0.3) is 0 Å². The van der Waals surface area contributed by atoms with Gasteiger partial charge in [-0.05, 0) is 36.6 Å². The van der Waals surface area contributed by atoms with E-state index >= 15 is 0 Å². The normalized spacial score (nSPS) is 18.0. The van der Waals surface area contributed by atoms with Crippen LogP contribution in [0.1, 0.15) is 30.7 Å². The molecule has 1 atom stereocenters. The third kappa shape index (κ3) is 2.38. The standard InChI is InChI=1S/C18H17N5O/c19-7-3-17(24)22-10-1-2-13(12-22)14-4-8-20-15-6-11-23-16(18(14)15)5-9-21-23/h4-6,8-9,11,13H,1-3,10,12H2. The van der Waals surface area contributed by atoms with Crippen LogP contribution in [-0.2, 0) is 4.79 Å². The molecule has 0 N–H and O–H groups in total. The summed E-state index contributed by atoms with van der Waals surface area (Å²) < 4.78 is 1.86. The number of nitrogens with zero attached hydrogens (tertiary/aromatic N) is 5. The van der Waals surface area contributed by atoms with E-state index in [2.05, 4.69) is 16.1 Å². The van der Waals surface area contributed by atoms with Gasteiger partial charge >= 0.3 is 0 Å². The number of hydrogen-bond donors (Lipinski definition) is 0. The summed E-state index contributed by atoms with van der Waals surface area (Å²) in [6.45, 7) is 1.40. The van der Waals surface area contributed by atoms with Crippen molar-refractivity contribution >= 4 is 22.3 Å². The molecule has 1 unspecified atom stereocenters. The Morgan fingerprint density at radius 1 is 1.33 bits per heavy atom. The molecule has 6 nitrogen and oxygen atoms in total. The summed E-state index contributed by atoms with van der Waals surface area (Å²) in [4.78, 5) is 18.4. The van der Waals surface area contributed by atoms with Gasteiger partial charge < -0.3 is 4.90 Å². The second kappa shape index (κ2) is 5.93. The second-order valence-corrected chi connectivity index (χ2v) is 6.15. The van der Waals surface area contributed by atoms with Gasteiger partial charge in [0.2, 0.25) is 5.91 Å². The molecule has 1 saturated heterocycles. The van der Waals surface area contributed by atoms with E-state index in [1.54, 1.807) is 6.20 Å². The number of carbonyl (C=O) groups is 1. The van der Waals surface area contributed by atoms with Gasteiger partial charge in [-0.1, -0.05) is 0 Å². The quantitative estimate of drug-likeness (QED) is 0.727. The molecule has 0 saturated carbocycles. The molecule has 0 aliphatic carbocycles. The first-order chi connectivity index (χ1) is 11.8. The average molecular weight is 319 g/mol. The number of nitriles is 1. The van der Waals surface area contributed by atoms with Crippen LogP contribution in [-0.4, -0.2) is 38.5 Å². The number of pyridine rings is 2. The zero-order valence-electron chi connectivity index (χ0n) is 13.2. The number of carbonyl (C=O) groups excluding carboxylic acids is 1. The Bertz CT molecular complexity index is 955. The van der Waals surface area contributed by atoms with Crippen molar-refractivity contribution in [2.45, 2.75) is 25.2 Å². The highest BCUT2D eigenvalue weighted by Crippen LogP contribution is 2.33. The number of amides is 1. The molecule has 0 aromatic carbocycles. The van der Waals surface area contributed by atoms with Crippen molar-refractivity contribution in [1.82, 2.24) is 19.5 Å². The van der Waals surface area contributed by atoms with E-state index in [-0.39, 0.29) is 18.2 Å². The van der Waals surface area contributed by atoms with Gasteiger partial charge in [-0.25, -0.2) is 4.52 Å².